The number of nitrogens with one attached hydrogen (secondary N) is 2. The first-order valence-electron chi connectivity index (χ1n) is 5.50. The number of benzene rings is 1. The summed E-state index contributed by atoms with van der Waals surface area (Å²) in [5.41, 5.74) is 7.63. The topological polar surface area (TPSA) is 66.7 Å². The number of nitrogens with two attached hydrogens (primary N) is 1. The highest BCUT2D eigenvalue weighted by atomic mass is 15.3. The fraction of sp³-hybridized carbons (Fsp3) is 0.250. The average molecular weight is 214 g/mol. The zero-order valence-electron chi connectivity index (χ0n) is 8.96. The number of H-pyrrole nitrogens is 1. The van der Waals surface area contributed by atoms with Gasteiger partial charge in [0.15, 0.2) is 0 Å². The number of nitrogens with zero attached hydrogens (tertiary/aromatic N) is 1. The second kappa shape index (κ2) is 3.64. The molecule has 1 aromatic carbocycles. The quantitative estimate of drug-likeness (QED) is 0.528. The van der Waals surface area contributed by atoms with Crippen molar-refractivity contribution in [2.75, 3.05) is 5.43 Å². The van der Waals surface area contributed by atoms with Crippen LogP contribution >= 0.6 is 0 Å². The van der Waals surface area contributed by atoms with Crippen LogP contribution in [0, 0.1) is 0 Å². The minimum Gasteiger partial charge on any atom is -0.323 e. The average Bonchev–Trinajstić information content (AvgIpc) is 2.96. The van der Waals surface area contributed by atoms with Gasteiger partial charge in [-0.15, -0.1) is 0 Å². The van der Waals surface area contributed by atoms with E-state index in [-0.39, 0.29) is 0 Å². The number of hydrogen-bond donors (Lipinski definition) is 3. The number of aromatic nitrogens is 2. The van der Waals surface area contributed by atoms with E-state index in [0.29, 0.717) is 5.95 Å². The van der Waals surface area contributed by atoms with E-state index in [4.69, 9.17) is 5.84 Å². The number of aromatic amines is 1. The molecule has 0 atom stereocenters. The first kappa shape index (κ1) is 9.42. The summed E-state index contributed by atoms with van der Waals surface area (Å²) in [5.74, 6) is 5.88. The number of rotatable bonds is 2. The monoisotopic (exact) mass is 214 g/mol. The highest BCUT2D eigenvalue weighted by molar-refractivity contribution is 5.62. The van der Waals surface area contributed by atoms with Gasteiger partial charge in [-0.05, 0) is 42.0 Å². The van der Waals surface area contributed by atoms with Crippen LogP contribution in [0.4, 0.5) is 5.95 Å². The van der Waals surface area contributed by atoms with Crippen molar-refractivity contribution in [1.29, 1.82) is 0 Å². The molecule has 1 aliphatic carbocycles. The van der Waals surface area contributed by atoms with Gasteiger partial charge in [0.2, 0.25) is 5.95 Å². The Hall–Kier alpha value is -1.81. The molecule has 4 heteroatoms. The largest absolute Gasteiger partial charge is 0.323 e. The van der Waals surface area contributed by atoms with E-state index in [2.05, 4.69) is 33.6 Å². The molecule has 1 heterocycles. The Morgan fingerprint density at radius 1 is 1.25 bits per heavy atom. The molecular formula is C12H14N4. The molecule has 2 aromatic rings. The molecule has 0 unspecified atom stereocenters. The minimum absolute atomic E-state index is 0.593. The van der Waals surface area contributed by atoms with Gasteiger partial charge in [-0.1, -0.05) is 12.1 Å². The van der Waals surface area contributed by atoms with Gasteiger partial charge in [0.05, 0.1) is 11.9 Å². The zero-order chi connectivity index (χ0) is 11.0. The summed E-state index contributed by atoms with van der Waals surface area (Å²) in [4.78, 5) is 7.24. The Labute approximate surface area is 93.9 Å². The molecule has 82 valence electrons. The lowest BCUT2D eigenvalue weighted by Crippen LogP contribution is -2.07. The van der Waals surface area contributed by atoms with Crippen LogP contribution in [0.2, 0.25) is 0 Å². The number of hydrazine groups is 1. The van der Waals surface area contributed by atoms with Gasteiger partial charge in [0, 0.05) is 0 Å². The fourth-order valence-corrected chi connectivity index (χ4v) is 2.28. The predicted molar refractivity (Wildman–Crippen MR) is 63.9 cm³/mol. The van der Waals surface area contributed by atoms with E-state index in [1.807, 2.05) is 0 Å². The fourth-order valence-electron chi connectivity index (χ4n) is 2.28. The van der Waals surface area contributed by atoms with Gasteiger partial charge < -0.3 is 4.98 Å². The third-order valence-corrected chi connectivity index (χ3v) is 3.12. The van der Waals surface area contributed by atoms with E-state index in [1.54, 1.807) is 6.20 Å². The number of anilines is 1. The van der Waals surface area contributed by atoms with E-state index >= 15 is 0 Å². The van der Waals surface area contributed by atoms with Crippen LogP contribution < -0.4 is 11.3 Å². The lowest BCUT2D eigenvalue weighted by molar-refractivity contribution is 0.912. The first-order chi connectivity index (χ1) is 7.86. The third-order valence-electron chi connectivity index (χ3n) is 3.12. The van der Waals surface area contributed by atoms with Gasteiger partial charge in [-0.25, -0.2) is 10.8 Å². The maximum atomic E-state index is 5.29. The van der Waals surface area contributed by atoms with Crippen LogP contribution in [0.1, 0.15) is 17.5 Å². The second-order valence-corrected chi connectivity index (χ2v) is 4.13. The SMILES string of the molecule is NNc1ncc(-c2ccc3c(c2)CCC3)[nH]1. The normalized spacial score (nSPS) is 13.8. The molecule has 0 radical (unpaired) electrons. The molecule has 0 saturated carbocycles. The van der Waals surface area contributed by atoms with Crippen LogP contribution in [-0.2, 0) is 12.8 Å². The Morgan fingerprint density at radius 2 is 2.12 bits per heavy atom. The maximum Gasteiger partial charge on any atom is 0.215 e. The highest BCUT2D eigenvalue weighted by Gasteiger charge is 2.12. The smallest absolute Gasteiger partial charge is 0.215 e. The van der Waals surface area contributed by atoms with Crippen molar-refractivity contribution < 1.29 is 0 Å². The van der Waals surface area contributed by atoms with Crippen molar-refractivity contribution >= 4 is 5.95 Å². The van der Waals surface area contributed by atoms with Crippen LogP contribution in [-0.4, -0.2) is 9.97 Å². The van der Waals surface area contributed by atoms with E-state index < -0.39 is 0 Å². The van der Waals surface area contributed by atoms with Crippen LogP contribution in [0.25, 0.3) is 11.3 Å². The van der Waals surface area contributed by atoms with Gasteiger partial charge in [0.1, 0.15) is 0 Å². The molecule has 1 aliphatic rings. The Balaban J connectivity index is 2.00. The second-order valence-electron chi connectivity index (χ2n) is 4.13. The summed E-state index contributed by atoms with van der Waals surface area (Å²) in [6.45, 7) is 0. The van der Waals surface area contributed by atoms with Crippen molar-refractivity contribution in [3.63, 3.8) is 0 Å². The van der Waals surface area contributed by atoms with E-state index in [9.17, 15) is 0 Å². The van der Waals surface area contributed by atoms with E-state index in [1.165, 1.54) is 36.0 Å². The highest BCUT2D eigenvalue weighted by Crippen LogP contribution is 2.27. The molecular weight excluding hydrogens is 200 g/mol. The molecule has 0 saturated heterocycles. The predicted octanol–water partition coefficient (Wildman–Crippen LogP) is 1.85. The van der Waals surface area contributed by atoms with Crippen molar-refractivity contribution in [3.8, 4) is 11.3 Å². The molecule has 0 aliphatic heterocycles. The van der Waals surface area contributed by atoms with Crippen molar-refractivity contribution in [2.24, 2.45) is 5.84 Å². The molecule has 4 nitrogen and oxygen atoms in total. The standard InChI is InChI=1S/C12H14N4/c13-16-12-14-7-11(15-12)10-5-4-8-2-1-3-9(8)6-10/h4-7H,1-3,13H2,(H2,14,15,16). The summed E-state index contributed by atoms with van der Waals surface area (Å²) in [5, 5.41) is 0. The summed E-state index contributed by atoms with van der Waals surface area (Å²) in [6.07, 6.45) is 5.48. The number of aryl methyl sites for hydroxylation is 2. The van der Waals surface area contributed by atoms with Crippen molar-refractivity contribution in [2.45, 2.75) is 19.3 Å². The molecule has 0 bridgehead atoms. The Kier molecular flexibility index (Phi) is 2.15. The third kappa shape index (κ3) is 1.47. The maximum absolute atomic E-state index is 5.29. The number of imidazole rings is 1. The van der Waals surface area contributed by atoms with Gasteiger partial charge in [-0.2, -0.15) is 0 Å². The molecule has 3 rings (SSSR count). The lowest BCUT2D eigenvalue weighted by Gasteiger charge is -2.02. The Morgan fingerprint density at radius 3 is 2.94 bits per heavy atom. The number of hydrogen-bond acceptors (Lipinski definition) is 3. The molecule has 4 N–H and O–H groups in total. The van der Waals surface area contributed by atoms with Crippen LogP contribution in [0.3, 0.4) is 0 Å². The van der Waals surface area contributed by atoms with Crippen molar-refractivity contribution in [3.05, 3.63) is 35.5 Å². The summed E-state index contributed by atoms with van der Waals surface area (Å²) >= 11 is 0. The van der Waals surface area contributed by atoms with Crippen LogP contribution in [0.15, 0.2) is 24.4 Å². The summed E-state index contributed by atoms with van der Waals surface area (Å²) in [6, 6.07) is 6.60. The molecule has 0 spiro atoms. The lowest BCUT2D eigenvalue weighted by atomic mass is 10.1. The molecule has 0 amide bonds. The van der Waals surface area contributed by atoms with E-state index in [0.717, 1.165) is 5.69 Å². The van der Waals surface area contributed by atoms with Gasteiger partial charge in [-0.3, -0.25) is 5.43 Å². The van der Waals surface area contributed by atoms with Crippen LogP contribution in [0.5, 0.6) is 0 Å². The van der Waals surface area contributed by atoms with Gasteiger partial charge in [0.25, 0.3) is 0 Å². The number of nitrogen functional groups attached to an aromatic ring is 1. The molecule has 1 aromatic heterocycles. The zero-order valence-corrected chi connectivity index (χ0v) is 8.96. The molecule has 0 fully saturated rings. The van der Waals surface area contributed by atoms with Crippen molar-refractivity contribution in [1.82, 2.24) is 9.97 Å². The number of fused-ring (bicyclic) bond motifs is 1. The van der Waals surface area contributed by atoms with Gasteiger partial charge >= 0.3 is 0 Å². The minimum atomic E-state index is 0.593. The summed E-state index contributed by atoms with van der Waals surface area (Å²) < 4.78 is 0. The first-order valence-corrected chi connectivity index (χ1v) is 5.50. The molecule has 16 heavy (non-hydrogen) atoms. The summed E-state index contributed by atoms with van der Waals surface area (Å²) in [7, 11) is 0. The Bertz CT molecular complexity index is 515.